The van der Waals surface area contributed by atoms with Crippen LogP contribution in [0.4, 0.5) is 0 Å². The molecular formula is C22H34N2O2S. The number of benzene rings is 1. The van der Waals surface area contributed by atoms with Gasteiger partial charge in [0.25, 0.3) is 0 Å². The molecule has 0 bridgehead atoms. The molecule has 0 amide bonds. The van der Waals surface area contributed by atoms with Crippen LogP contribution in [0.1, 0.15) is 57.4 Å². The van der Waals surface area contributed by atoms with E-state index in [-0.39, 0.29) is 6.04 Å². The first-order valence-electron chi connectivity index (χ1n) is 10.8. The number of unbranched alkanes of at least 4 members (excludes halogenated alkanes) is 1. The Bertz CT molecular complexity index is 744. The Morgan fingerprint density at radius 2 is 1.78 bits per heavy atom. The molecular weight excluding hydrogens is 356 g/mol. The van der Waals surface area contributed by atoms with Gasteiger partial charge in [0.1, 0.15) is 0 Å². The summed E-state index contributed by atoms with van der Waals surface area (Å²) in [5.41, 5.74) is 1.10. The molecule has 4 nitrogen and oxygen atoms in total. The molecule has 0 aliphatic carbocycles. The SMILES string of the molecule is CCCC[C@@H]1[C@H]2CCCN3CCC[C@@H](CN1S(=O)(=O)c1ccc(C)cc1)[C@@H]23. The summed E-state index contributed by atoms with van der Waals surface area (Å²) in [5, 5.41) is 0. The normalized spacial score (nSPS) is 32.2. The van der Waals surface area contributed by atoms with Crippen LogP contribution < -0.4 is 0 Å². The largest absolute Gasteiger partial charge is 0.300 e. The third-order valence-electron chi connectivity index (χ3n) is 7.11. The second-order valence-corrected chi connectivity index (χ2v) is 10.7. The molecule has 0 spiro atoms. The van der Waals surface area contributed by atoms with Crippen molar-refractivity contribution in [2.45, 2.75) is 75.8 Å². The number of hydrogen-bond acceptors (Lipinski definition) is 3. The van der Waals surface area contributed by atoms with E-state index in [4.69, 9.17) is 0 Å². The van der Waals surface area contributed by atoms with Gasteiger partial charge in [0, 0.05) is 18.6 Å². The van der Waals surface area contributed by atoms with E-state index in [1.165, 1.54) is 38.8 Å². The predicted molar refractivity (Wildman–Crippen MR) is 109 cm³/mol. The van der Waals surface area contributed by atoms with Gasteiger partial charge < -0.3 is 0 Å². The molecule has 0 N–H and O–H groups in total. The monoisotopic (exact) mass is 390 g/mol. The van der Waals surface area contributed by atoms with Crippen molar-refractivity contribution in [3.8, 4) is 0 Å². The molecule has 3 aliphatic rings. The average Bonchev–Trinajstić information content (AvgIpc) is 2.67. The molecule has 3 saturated heterocycles. The van der Waals surface area contributed by atoms with Crippen molar-refractivity contribution >= 4 is 10.0 Å². The van der Waals surface area contributed by atoms with Gasteiger partial charge in [-0.3, -0.25) is 4.90 Å². The fourth-order valence-electron chi connectivity index (χ4n) is 5.85. The minimum atomic E-state index is -3.43. The van der Waals surface area contributed by atoms with Gasteiger partial charge in [0.2, 0.25) is 10.0 Å². The Hall–Kier alpha value is -0.910. The first-order chi connectivity index (χ1) is 13.0. The van der Waals surface area contributed by atoms with Crippen molar-refractivity contribution in [2.24, 2.45) is 11.8 Å². The summed E-state index contributed by atoms with van der Waals surface area (Å²) in [4.78, 5) is 3.16. The lowest BCUT2D eigenvalue weighted by Gasteiger charge is -2.57. The molecule has 3 heterocycles. The lowest BCUT2D eigenvalue weighted by molar-refractivity contribution is -0.0523. The lowest BCUT2D eigenvalue weighted by Crippen LogP contribution is -2.65. The van der Waals surface area contributed by atoms with Gasteiger partial charge >= 0.3 is 0 Å². The van der Waals surface area contributed by atoms with Gasteiger partial charge in [-0.2, -0.15) is 4.31 Å². The van der Waals surface area contributed by atoms with Crippen LogP contribution in [0.15, 0.2) is 29.2 Å². The average molecular weight is 391 g/mol. The molecule has 0 aromatic heterocycles. The quantitative estimate of drug-likeness (QED) is 0.762. The Kier molecular flexibility index (Phi) is 5.64. The Labute approximate surface area is 165 Å². The summed E-state index contributed by atoms with van der Waals surface area (Å²) in [5.74, 6) is 1.01. The van der Waals surface area contributed by atoms with Crippen LogP contribution in [0.25, 0.3) is 0 Å². The summed E-state index contributed by atoms with van der Waals surface area (Å²) >= 11 is 0. The smallest absolute Gasteiger partial charge is 0.243 e. The highest BCUT2D eigenvalue weighted by molar-refractivity contribution is 7.89. The van der Waals surface area contributed by atoms with Gasteiger partial charge in [0.05, 0.1) is 4.90 Å². The van der Waals surface area contributed by atoms with Crippen LogP contribution >= 0.6 is 0 Å². The van der Waals surface area contributed by atoms with Crippen molar-refractivity contribution < 1.29 is 8.42 Å². The molecule has 3 fully saturated rings. The van der Waals surface area contributed by atoms with E-state index in [0.29, 0.717) is 29.3 Å². The molecule has 27 heavy (non-hydrogen) atoms. The fourth-order valence-corrected chi connectivity index (χ4v) is 7.61. The van der Waals surface area contributed by atoms with Crippen molar-refractivity contribution in [3.63, 3.8) is 0 Å². The summed E-state index contributed by atoms with van der Waals surface area (Å²) in [6.45, 7) is 7.34. The number of nitrogens with zero attached hydrogens (tertiary/aromatic N) is 2. The highest BCUT2D eigenvalue weighted by atomic mass is 32.2. The van der Waals surface area contributed by atoms with Crippen molar-refractivity contribution in [1.82, 2.24) is 9.21 Å². The molecule has 5 heteroatoms. The van der Waals surface area contributed by atoms with E-state index in [1.807, 2.05) is 23.4 Å². The molecule has 1 aromatic carbocycles. The number of hydrogen-bond donors (Lipinski definition) is 0. The molecule has 4 rings (SSSR count). The summed E-state index contributed by atoms with van der Waals surface area (Å²) in [6, 6.07) is 8.20. The first-order valence-corrected chi connectivity index (χ1v) is 12.3. The first kappa shape index (κ1) is 19.4. The molecule has 150 valence electrons. The highest BCUT2D eigenvalue weighted by Gasteiger charge is 2.51. The topological polar surface area (TPSA) is 40.6 Å². The van der Waals surface area contributed by atoms with E-state index >= 15 is 0 Å². The fraction of sp³-hybridized carbons (Fsp3) is 0.727. The van der Waals surface area contributed by atoms with Gasteiger partial charge in [0.15, 0.2) is 0 Å². The van der Waals surface area contributed by atoms with Crippen molar-refractivity contribution in [3.05, 3.63) is 29.8 Å². The lowest BCUT2D eigenvalue weighted by atomic mass is 9.70. The second kappa shape index (κ2) is 7.84. The number of aryl methyl sites for hydroxylation is 1. The van der Waals surface area contributed by atoms with Crippen LogP contribution in [0, 0.1) is 18.8 Å². The molecule has 0 radical (unpaired) electrons. The minimum Gasteiger partial charge on any atom is -0.300 e. The Morgan fingerprint density at radius 3 is 2.48 bits per heavy atom. The van der Waals surface area contributed by atoms with Crippen LogP contribution in [0.3, 0.4) is 0 Å². The molecule has 1 aromatic rings. The molecule has 0 saturated carbocycles. The summed E-state index contributed by atoms with van der Waals surface area (Å²) < 4.78 is 29.2. The predicted octanol–water partition coefficient (Wildman–Crippen LogP) is 4.05. The van der Waals surface area contributed by atoms with Crippen LogP contribution in [0.2, 0.25) is 0 Å². The highest BCUT2D eigenvalue weighted by Crippen LogP contribution is 2.44. The number of piperidine rings is 3. The Morgan fingerprint density at radius 1 is 1.07 bits per heavy atom. The maximum atomic E-state index is 13.6. The zero-order valence-electron chi connectivity index (χ0n) is 16.8. The third-order valence-corrected chi connectivity index (χ3v) is 9.01. The molecule has 3 aliphatic heterocycles. The van der Waals surface area contributed by atoms with E-state index < -0.39 is 10.0 Å². The maximum absolute atomic E-state index is 13.6. The zero-order chi connectivity index (χ0) is 19.0. The van der Waals surface area contributed by atoms with Crippen molar-refractivity contribution in [1.29, 1.82) is 0 Å². The van der Waals surface area contributed by atoms with E-state index in [2.05, 4.69) is 11.8 Å². The van der Waals surface area contributed by atoms with E-state index in [0.717, 1.165) is 24.8 Å². The van der Waals surface area contributed by atoms with Gasteiger partial charge in [-0.1, -0.05) is 37.5 Å². The molecule has 0 unspecified atom stereocenters. The summed E-state index contributed by atoms with van der Waals surface area (Å²) in [6.07, 6.45) is 8.03. The maximum Gasteiger partial charge on any atom is 0.243 e. The van der Waals surface area contributed by atoms with Crippen LogP contribution in [0.5, 0.6) is 0 Å². The molecule has 4 atom stereocenters. The Balaban J connectivity index is 1.69. The van der Waals surface area contributed by atoms with E-state index in [1.54, 1.807) is 12.1 Å². The number of sulfonamides is 1. The third kappa shape index (κ3) is 3.58. The van der Waals surface area contributed by atoms with Gasteiger partial charge in [-0.25, -0.2) is 8.42 Å². The van der Waals surface area contributed by atoms with Crippen LogP contribution in [-0.4, -0.2) is 49.3 Å². The van der Waals surface area contributed by atoms with Crippen molar-refractivity contribution in [2.75, 3.05) is 19.6 Å². The van der Waals surface area contributed by atoms with Crippen LogP contribution in [-0.2, 0) is 10.0 Å². The van der Waals surface area contributed by atoms with E-state index in [9.17, 15) is 8.42 Å². The zero-order valence-corrected chi connectivity index (χ0v) is 17.6. The number of rotatable bonds is 5. The minimum absolute atomic E-state index is 0.165. The standard InChI is InChI=1S/C22H34N2O2S/c1-3-4-9-21-20-8-6-15-23-14-5-7-18(22(20)23)16-24(21)27(25,26)19-12-10-17(2)11-13-19/h10-13,18,20-22H,3-9,14-16H2,1-2H3/t18-,20+,21+,22-/m0/s1. The van der Waals surface area contributed by atoms with Gasteiger partial charge in [-0.15, -0.1) is 0 Å². The van der Waals surface area contributed by atoms with Gasteiger partial charge in [-0.05, 0) is 76.1 Å². The summed E-state index contributed by atoms with van der Waals surface area (Å²) in [7, 11) is -3.43. The second-order valence-electron chi connectivity index (χ2n) is 8.83.